The van der Waals surface area contributed by atoms with E-state index in [4.69, 9.17) is 0 Å². The van der Waals surface area contributed by atoms with Crippen LogP contribution in [0, 0.1) is 24.7 Å². The highest BCUT2D eigenvalue weighted by Gasteiger charge is 2.18. The highest BCUT2D eigenvalue weighted by molar-refractivity contribution is 5.67. The molecule has 2 fully saturated rings. The van der Waals surface area contributed by atoms with Gasteiger partial charge in [0.1, 0.15) is 0 Å². The lowest BCUT2D eigenvalue weighted by atomic mass is 9.91. The number of benzene rings is 1. The lowest BCUT2D eigenvalue weighted by molar-refractivity contribution is 0.626. The van der Waals surface area contributed by atoms with Gasteiger partial charge in [-0.25, -0.2) is 0 Å². The molecule has 0 atom stereocenters. The summed E-state index contributed by atoms with van der Waals surface area (Å²) in [6, 6.07) is 8.92. The van der Waals surface area contributed by atoms with Gasteiger partial charge < -0.3 is 0 Å². The maximum Gasteiger partial charge on any atom is -0.0200 e. The smallest absolute Gasteiger partial charge is 0.0200 e. The number of unbranched alkanes of at least 4 members (excludes halogenated alkanes) is 2. The Kier molecular flexibility index (Phi) is 68.0. The second-order valence-electron chi connectivity index (χ2n) is 14.0. The van der Waals surface area contributed by atoms with E-state index in [1.807, 2.05) is 41.5 Å². The number of aryl methyl sites for hydroxylation is 1. The van der Waals surface area contributed by atoms with Crippen LogP contribution in [0.4, 0.5) is 0 Å². The Morgan fingerprint density at radius 3 is 1.04 bits per heavy atom. The molecule has 0 heteroatoms. The van der Waals surface area contributed by atoms with Gasteiger partial charge in [0.15, 0.2) is 0 Å². The summed E-state index contributed by atoms with van der Waals surface area (Å²) in [4.78, 5) is 0. The van der Waals surface area contributed by atoms with Gasteiger partial charge in [0, 0.05) is 0 Å². The van der Waals surface area contributed by atoms with Gasteiger partial charge in [-0.05, 0) is 76.4 Å². The van der Waals surface area contributed by atoms with E-state index in [1.165, 1.54) is 100 Å². The van der Waals surface area contributed by atoms with Gasteiger partial charge >= 0.3 is 0 Å². The molecule has 0 aliphatic heterocycles. The molecule has 0 spiro atoms. The first-order valence-electron chi connectivity index (χ1n) is 21.1. The molecule has 2 saturated carbocycles. The van der Waals surface area contributed by atoms with Gasteiger partial charge in [0.25, 0.3) is 0 Å². The largest absolute Gasteiger partial charge is 0.0959 e. The van der Waals surface area contributed by atoms with Crippen LogP contribution in [-0.4, -0.2) is 0 Å². The molecule has 296 valence electrons. The fourth-order valence-corrected chi connectivity index (χ4v) is 2.70. The molecule has 0 heterocycles. The Balaban J connectivity index is -0.0000000902. The van der Waals surface area contributed by atoms with Crippen LogP contribution >= 0.6 is 0 Å². The Morgan fingerprint density at radius 2 is 0.857 bits per heavy atom. The van der Waals surface area contributed by atoms with Crippen molar-refractivity contribution < 1.29 is 0 Å². The van der Waals surface area contributed by atoms with Crippen LogP contribution in [0.3, 0.4) is 0 Å². The Hall–Kier alpha value is -1.56. The predicted molar refractivity (Wildman–Crippen MR) is 240 cm³/mol. The number of allylic oxidation sites excluding steroid dienone is 4. The van der Waals surface area contributed by atoms with Crippen LogP contribution < -0.4 is 0 Å². The summed E-state index contributed by atoms with van der Waals surface area (Å²) in [6.07, 6.45) is 18.0. The van der Waals surface area contributed by atoms with E-state index < -0.39 is 0 Å². The first kappa shape index (κ1) is 62.6. The van der Waals surface area contributed by atoms with Crippen molar-refractivity contribution in [2.75, 3.05) is 0 Å². The zero-order valence-corrected chi connectivity index (χ0v) is 38.6. The average Bonchev–Trinajstić information content (AvgIpc) is 3.88. The lowest BCUT2D eigenvalue weighted by Crippen LogP contribution is -1.97. The normalized spacial score (nSPS) is 12.1. The summed E-state index contributed by atoms with van der Waals surface area (Å²) in [7, 11) is 0. The minimum atomic E-state index is 0.833. The fraction of sp³-hybridized carbons (Fsp3) is 0.755. The summed E-state index contributed by atoms with van der Waals surface area (Å²) < 4.78 is 0. The van der Waals surface area contributed by atoms with Crippen molar-refractivity contribution in [3.05, 3.63) is 65.3 Å². The third-order valence-electron chi connectivity index (χ3n) is 6.94. The molecule has 1 aromatic rings. The molecule has 0 amide bonds. The molecule has 1 aromatic carbocycles. The Labute approximate surface area is 316 Å². The van der Waals surface area contributed by atoms with Gasteiger partial charge in [-0.15, -0.1) is 0 Å². The molecule has 3 rings (SSSR count). The SMILES string of the molecule is C/C(=C(\C)C1CCCC1)c1ccc(C)cc1.C1CC1.C=C(C)C(=C)C.CC.CC.CC(C)C.CCC.CCC(C)C.CCCC.CCCC. The van der Waals surface area contributed by atoms with Crippen molar-refractivity contribution in [3.63, 3.8) is 0 Å². The highest BCUT2D eigenvalue weighted by Crippen LogP contribution is 2.34. The van der Waals surface area contributed by atoms with E-state index in [0.29, 0.717) is 0 Å². The molecule has 0 radical (unpaired) electrons. The molecule has 0 aromatic heterocycles. The zero-order valence-electron chi connectivity index (χ0n) is 38.6. The van der Waals surface area contributed by atoms with E-state index >= 15 is 0 Å². The van der Waals surface area contributed by atoms with E-state index in [9.17, 15) is 0 Å². The van der Waals surface area contributed by atoms with Crippen LogP contribution in [0.15, 0.2) is 54.1 Å². The van der Waals surface area contributed by atoms with Gasteiger partial charge in [-0.2, -0.15) is 0 Å². The molecule has 49 heavy (non-hydrogen) atoms. The van der Waals surface area contributed by atoms with E-state index in [-0.39, 0.29) is 0 Å². The standard InChI is InChI=1S/C16H22.C6H10.C5H12.3C4H10.C3H6.C3H8.2C2H6/c1-12-8-10-16(11-9-12)14(3)13(2)15-6-4-5-7-15;1-5(2)6(3)4;1-4-5(2)3;1-4(2)3;2*1-3-4-2;1-2-3-1;1-3-2;2*1-2/h8-11,15H,4-7H2,1-3H3;1,3H2,2,4H3;5H,4H2,1-3H3;4H,1-3H3;2*3-4H2,1-2H3;1-3H2;3H2,1-2H3;2*1-2H3/b14-13-;;;;;;;;;. The first-order chi connectivity index (χ1) is 23.1. The summed E-state index contributed by atoms with van der Waals surface area (Å²) in [5, 5.41) is 0. The van der Waals surface area contributed by atoms with E-state index in [1.54, 1.807) is 5.57 Å². The molecule has 2 aliphatic rings. The number of hydrogen-bond donors (Lipinski definition) is 0. The maximum atomic E-state index is 3.66. The lowest BCUT2D eigenvalue weighted by Gasteiger charge is -2.14. The molecular formula is C49H100. The third-order valence-corrected chi connectivity index (χ3v) is 6.94. The molecular weight excluding hydrogens is 589 g/mol. The predicted octanol–water partition coefficient (Wildman–Crippen LogP) is 19.1. The summed E-state index contributed by atoms with van der Waals surface area (Å²) in [6.45, 7) is 52.1. The monoisotopic (exact) mass is 689 g/mol. The molecule has 0 unspecified atom stereocenters. The second-order valence-corrected chi connectivity index (χ2v) is 14.0. The quantitative estimate of drug-likeness (QED) is 0.261. The van der Waals surface area contributed by atoms with Gasteiger partial charge in [0.2, 0.25) is 0 Å². The first-order valence-corrected chi connectivity index (χ1v) is 21.1. The zero-order chi connectivity index (χ0) is 40.2. The van der Waals surface area contributed by atoms with Crippen molar-refractivity contribution in [1.29, 1.82) is 0 Å². The second kappa shape index (κ2) is 53.2. The third kappa shape index (κ3) is 69.1. The molecule has 2 aliphatic carbocycles. The van der Waals surface area contributed by atoms with Crippen LogP contribution in [0.2, 0.25) is 0 Å². The topological polar surface area (TPSA) is 0 Å². The average molecular weight is 689 g/mol. The minimum absolute atomic E-state index is 0.833. The van der Waals surface area contributed by atoms with Crippen LogP contribution in [0.1, 0.15) is 233 Å². The van der Waals surface area contributed by atoms with Crippen molar-refractivity contribution in [2.45, 2.75) is 229 Å². The van der Waals surface area contributed by atoms with Gasteiger partial charge in [0.05, 0.1) is 0 Å². The number of rotatable bonds is 6. The number of hydrogen-bond acceptors (Lipinski definition) is 0. The Bertz CT molecular complexity index is 722. The summed E-state index contributed by atoms with van der Waals surface area (Å²) >= 11 is 0. The van der Waals surface area contributed by atoms with Crippen molar-refractivity contribution in [3.8, 4) is 0 Å². The molecule has 0 N–H and O–H groups in total. The van der Waals surface area contributed by atoms with E-state index in [0.717, 1.165) is 28.9 Å². The molecule has 0 bridgehead atoms. The van der Waals surface area contributed by atoms with Crippen molar-refractivity contribution in [1.82, 2.24) is 0 Å². The van der Waals surface area contributed by atoms with Crippen LogP contribution in [-0.2, 0) is 0 Å². The molecule has 0 nitrogen and oxygen atoms in total. The van der Waals surface area contributed by atoms with Crippen molar-refractivity contribution >= 4 is 5.57 Å². The van der Waals surface area contributed by atoms with Crippen LogP contribution in [0.25, 0.3) is 5.57 Å². The van der Waals surface area contributed by atoms with E-state index in [2.05, 4.69) is 141 Å². The van der Waals surface area contributed by atoms with Crippen LogP contribution in [0.5, 0.6) is 0 Å². The Morgan fingerprint density at radius 1 is 0.592 bits per heavy atom. The van der Waals surface area contributed by atoms with Crippen molar-refractivity contribution in [2.24, 2.45) is 17.8 Å². The summed E-state index contributed by atoms with van der Waals surface area (Å²) in [5.41, 5.74) is 7.98. The summed E-state index contributed by atoms with van der Waals surface area (Å²) in [5.74, 6) is 2.57. The highest BCUT2D eigenvalue weighted by atomic mass is 14.2. The molecule has 0 saturated heterocycles. The minimum Gasteiger partial charge on any atom is -0.0959 e. The van der Waals surface area contributed by atoms with Gasteiger partial charge in [-0.3, -0.25) is 0 Å². The fourth-order valence-electron chi connectivity index (χ4n) is 2.70. The van der Waals surface area contributed by atoms with Gasteiger partial charge in [-0.1, -0.05) is 241 Å². The maximum absolute atomic E-state index is 3.66.